The van der Waals surface area contributed by atoms with Crippen molar-refractivity contribution in [1.29, 1.82) is 0 Å². The van der Waals surface area contributed by atoms with Crippen molar-refractivity contribution in [2.45, 2.75) is 38.3 Å². The molecule has 0 saturated carbocycles. The quantitative estimate of drug-likeness (QED) is 0.906. The summed E-state index contributed by atoms with van der Waals surface area (Å²) in [5.74, 6) is 1.04. The highest BCUT2D eigenvalue weighted by Gasteiger charge is 2.35. The third-order valence-corrected chi connectivity index (χ3v) is 4.96. The standard InChI is InChI=1S/C18H28N2O2/c1-3-18(2)14-16(15-6-4-5-7-17(15)22-18)19-8-9-20-10-12-21-13-11-20/h4-7,16,19H,3,8-14H2,1-2H3. The minimum Gasteiger partial charge on any atom is -0.487 e. The van der Waals surface area contributed by atoms with Crippen LogP contribution >= 0.6 is 0 Å². The predicted octanol–water partition coefficient (Wildman–Crippen LogP) is 2.60. The first-order valence-corrected chi connectivity index (χ1v) is 8.51. The van der Waals surface area contributed by atoms with Crippen LogP contribution in [-0.4, -0.2) is 49.9 Å². The van der Waals surface area contributed by atoms with E-state index in [9.17, 15) is 0 Å². The normalized spacial score (nSPS) is 28.9. The Hall–Kier alpha value is -1.10. The molecule has 1 fully saturated rings. The highest BCUT2D eigenvalue weighted by molar-refractivity contribution is 5.38. The number of hydrogen-bond acceptors (Lipinski definition) is 4. The molecule has 0 amide bonds. The maximum Gasteiger partial charge on any atom is 0.124 e. The van der Waals surface area contributed by atoms with Gasteiger partial charge in [0, 0.05) is 44.2 Å². The van der Waals surface area contributed by atoms with Crippen LogP contribution in [-0.2, 0) is 4.74 Å². The van der Waals surface area contributed by atoms with Gasteiger partial charge in [0.2, 0.25) is 0 Å². The molecule has 0 spiro atoms. The number of ether oxygens (including phenoxy) is 2. The Kier molecular flexibility index (Phi) is 5.01. The van der Waals surface area contributed by atoms with E-state index in [0.29, 0.717) is 6.04 Å². The third kappa shape index (κ3) is 3.62. The molecule has 3 rings (SSSR count). The smallest absolute Gasteiger partial charge is 0.124 e. The molecule has 0 aliphatic carbocycles. The van der Waals surface area contributed by atoms with Gasteiger partial charge >= 0.3 is 0 Å². The number of nitrogens with one attached hydrogen (secondary N) is 1. The molecule has 2 atom stereocenters. The van der Waals surface area contributed by atoms with Gasteiger partial charge < -0.3 is 14.8 Å². The van der Waals surface area contributed by atoms with Crippen LogP contribution in [0.15, 0.2) is 24.3 Å². The van der Waals surface area contributed by atoms with Gasteiger partial charge in [0.05, 0.1) is 13.2 Å². The van der Waals surface area contributed by atoms with Crippen LogP contribution in [0.3, 0.4) is 0 Å². The zero-order valence-electron chi connectivity index (χ0n) is 13.8. The minimum absolute atomic E-state index is 0.0645. The summed E-state index contributed by atoms with van der Waals surface area (Å²) in [5.41, 5.74) is 1.24. The summed E-state index contributed by atoms with van der Waals surface area (Å²) in [7, 11) is 0. The molecule has 1 aromatic rings. The molecule has 0 aromatic heterocycles. The van der Waals surface area contributed by atoms with Crippen LogP contribution in [0.2, 0.25) is 0 Å². The fourth-order valence-corrected chi connectivity index (χ4v) is 3.33. The monoisotopic (exact) mass is 304 g/mol. The highest BCUT2D eigenvalue weighted by Crippen LogP contribution is 2.40. The average molecular weight is 304 g/mol. The molecule has 2 heterocycles. The van der Waals surface area contributed by atoms with Crippen molar-refractivity contribution in [2.24, 2.45) is 0 Å². The largest absolute Gasteiger partial charge is 0.487 e. The molecule has 1 aromatic carbocycles. The van der Waals surface area contributed by atoms with Gasteiger partial charge in [-0.3, -0.25) is 4.90 Å². The second-order valence-electron chi connectivity index (χ2n) is 6.61. The van der Waals surface area contributed by atoms with Crippen molar-refractivity contribution in [3.8, 4) is 5.75 Å². The first-order valence-electron chi connectivity index (χ1n) is 8.51. The average Bonchev–Trinajstić information content (AvgIpc) is 2.56. The fraction of sp³-hybridized carbons (Fsp3) is 0.667. The van der Waals surface area contributed by atoms with E-state index in [1.54, 1.807) is 0 Å². The topological polar surface area (TPSA) is 33.7 Å². The van der Waals surface area contributed by atoms with Gasteiger partial charge in [-0.25, -0.2) is 0 Å². The van der Waals surface area contributed by atoms with E-state index in [-0.39, 0.29) is 5.60 Å². The van der Waals surface area contributed by atoms with E-state index < -0.39 is 0 Å². The van der Waals surface area contributed by atoms with Gasteiger partial charge in [-0.15, -0.1) is 0 Å². The molecule has 4 heteroatoms. The van der Waals surface area contributed by atoms with E-state index in [0.717, 1.165) is 58.0 Å². The van der Waals surface area contributed by atoms with Gasteiger partial charge in [0.15, 0.2) is 0 Å². The van der Waals surface area contributed by atoms with Crippen LogP contribution < -0.4 is 10.1 Å². The predicted molar refractivity (Wildman–Crippen MR) is 88.4 cm³/mol. The number of rotatable bonds is 5. The minimum atomic E-state index is -0.0645. The van der Waals surface area contributed by atoms with Crippen LogP contribution in [0.4, 0.5) is 0 Å². The van der Waals surface area contributed by atoms with E-state index >= 15 is 0 Å². The number of nitrogens with zero attached hydrogens (tertiary/aromatic N) is 1. The highest BCUT2D eigenvalue weighted by atomic mass is 16.5. The van der Waals surface area contributed by atoms with Crippen molar-refractivity contribution in [3.63, 3.8) is 0 Å². The Morgan fingerprint density at radius 2 is 2.05 bits per heavy atom. The van der Waals surface area contributed by atoms with Crippen LogP contribution in [0, 0.1) is 0 Å². The zero-order valence-corrected chi connectivity index (χ0v) is 13.8. The van der Waals surface area contributed by atoms with Crippen molar-refractivity contribution in [2.75, 3.05) is 39.4 Å². The molecule has 2 aliphatic heterocycles. The maximum absolute atomic E-state index is 6.23. The molecular formula is C18H28N2O2. The Bertz CT molecular complexity index is 488. The molecule has 1 saturated heterocycles. The van der Waals surface area contributed by atoms with Gasteiger partial charge in [-0.2, -0.15) is 0 Å². The summed E-state index contributed by atoms with van der Waals surface area (Å²) in [6.45, 7) is 10.4. The van der Waals surface area contributed by atoms with Crippen molar-refractivity contribution < 1.29 is 9.47 Å². The lowest BCUT2D eigenvalue weighted by molar-refractivity contribution is 0.0332. The summed E-state index contributed by atoms with van der Waals surface area (Å²) in [6, 6.07) is 8.84. The van der Waals surface area contributed by atoms with Gasteiger partial charge in [0.25, 0.3) is 0 Å². The molecular weight excluding hydrogens is 276 g/mol. The first-order chi connectivity index (χ1) is 10.7. The van der Waals surface area contributed by atoms with Gasteiger partial charge in [0.1, 0.15) is 11.4 Å². The molecule has 22 heavy (non-hydrogen) atoms. The van der Waals surface area contributed by atoms with Gasteiger partial charge in [-0.05, 0) is 19.4 Å². The Labute approximate surface area is 133 Å². The second kappa shape index (κ2) is 6.99. The maximum atomic E-state index is 6.23. The molecule has 1 N–H and O–H groups in total. The Morgan fingerprint density at radius 3 is 2.82 bits per heavy atom. The number of para-hydroxylation sites is 1. The lowest BCUT2D eigenvalue weighted by Crippen LogP contribution is -2.44. The number of benzene rings is 1. The third-order valence-electron chi connectivity index (χ3n) is 4.96. The molecule has 0 radical (unpaired) electrons. The van der Waals surface area contributed by atoms with Crippen LogP contribution in [0.25, 0.3) is 0 Å². The molecule has 4 nitrogen and oxygen atoms in total. The Morgan fingerprint density at radius 1 is 1.27 bits per heavy atom. The van der Waals surface area contributed by atoms with E-state index in [1.165, 1.54) is 5.56 Å². The van der Waals surface area contributed by atoms with E-state index in [1.807, 2.05) is 0 Å². The first kappa shape index (κ1) is 15.8. The number of morpholine rings is 1. The summed E-state index contributed by atoms with van der Waals surface area (Å²) >= 11 is 0. The van der Waals surface area contributed by atoms with E-state index in [4.69, 9.17) is 9.47 Å². The summed E-state index contributed by atoms with van der Waals surface area (Å²) < 4.78 is 11.6. The fourth-order valence-electron chi connectivity index (χ4n) is 3.33. The van der Waals surface area contributed by atoms with E-state index in [2.05, 4.69) is 48.3 Å². The molecule has 0 bridgehead atoms. The zero-order chi connectivity index (χ0) is 15.4. The van der Waals surface area contributed by atoms with Crippen molar-refractivity contribution in [3.05, 3.63) is 29.8 Å². The van der Waals surface area contributed by atoms with Crippen molar-refractivity contribution >= 4 is 0 Å². The lowest BCUT2D eigenvalue weighted by Gasteiger charge is -2.40. The second-order valence-corrected chi connectivity index (χ2v) is 6.61. The summed E-state index contributed by atoms with van der Waals surface area (Å²) in [6.07, 6.45) is 2.06. The Balaban J connectivity index is 1.61. The molecule has 2 aliphatic rings. The number of hydrogen-bond donors (Lipinski definition) is 1. The van der Waals surface area contributed by atoms with Crippen molar-refractivity contribution in [1.82, 2.24) is 10.2 Å². The SMILES string of the molecule is CCC1(C)CC(NCCN2CCOCC2)c2ccccc2O1. The lowest BCUT2D eigenvalue weighted by atomic mass is 9.86. The molecule has 122 valence electrons. The summed E-state index contributed by atoms with van der Waals surface area (Å²) in [4.78, 5) is 2.47. The van der Waals surface area contributed by atoms with Gasteiger partial charge in [-0.1, -0.05) is 25.1 Å². The van der Waals surface area contributed by atoms with Crippen LogP contribution in [0.1, 0.15) is 38.3 Å². The summed E-state index contributed by atoms with van der Waals surface area (Å²) in [5, 5.41) is 3.75. The molecule has 2 unspecified atom stereocenters. The number of fused-ring (bicyclic) bond motifs is 1. The van der Waals surface area contributed by atoms with Crippen LogP contribution in [0.5, 0.6) is 5.75 Å².